The van der Waals surface area contributed by atoms with Gasteiger partial charge in [0.2, 0.25) is 5.95 Å². The fourth-order valence-corrected chi connectivity index (χ4v) is 2.02. The lowest BCUT2D eigenvalue weighted by molar-refractivity contribution is 0.312. The first-order valence-electron chi connectivity index (χ1n) is 5.98. The zero-order valence-electron chi connectivity index (χ0n) is 10.5. The van der Waals surface area contributed by atoms with Gasteiger partial charge < -0.3 is 10.1 Å². The van der Waals surface area contributed by atoms with Crippen LogP contribution in [-0.4, -0.2) is 28.1 Å². The monoisotopic (exact) mass is 264 g/mol. The first-order chi connectivity index (χ1) is 8.83. The van der Waals surface area contributed by atoms with Crippen LogP contribution in [0.1, 0.15) is 20.3 Å². The van der Waals surface area contributed by atoms with Crippen molar-refractivity contribution in [2.45, 2.75) is 20.3 Å². The van der Waals surface area contributed by atoms with Crippen molar-refractivity contribution in [3.63, 3.8) is 0 Å². The van der Waals surface area contributed by atoms with Crippen molar-refractivity contribution >= 4 is 17.3 Å². The lowest BCUT2D eigenvalue weighted by Gasteiger charge is -2.07. The molecule has 0 aliphatic heterocycles. The fourth-order valence-electron chi connectivity index (χ4n) is 1.39. The second-order valence-corrected chi connectivity index (χ2v) is 4.42. The Morgan fingerprint density at radius 1 is 1.28 bits per heavy atom. The minimum atomic E-state index is 0.368. The van der Waals surface area contributed by atoms with Crippen molar-refractivity contribution in [2.75, 3.05) is 18.5 Å². The minimum absolute atomic E-state index is 0.368. The summed E-state index contributed by atoms with van der Waals surface area (Å²) in [5, 5.41) is 7.16. The summed E-state index contributed by atoms with van der Waals surface area (Å²) in [4.78, 5) is 12.9. The van der Waals surface area contributed by atoms with E-state index >= 15 is 0 Å². The van der Waals surface area contributed by atoms with Crippen LogP contribution in [0.2, 0.25) is 0 Å². The van der Waals surface area contributed by atoms with Gasteiger partial charge in [-0.2, -0.15) is 26.3 Å². The van der Waals surface area contributed by atoms with Gasteiger partial charge in [-0.3, -0.25) is 0 Å². The van der Waals surface area contributed by atoms with Gasteiger partial charge in [0.1, 0.15) is 0 Å². The fraction of sp³-hybridized carbons (Fsp3) is 0.417. The van der Waals surface area contributed by atoms with Gasteiger partial charge in [-0.15, -0.1) is 0 Å². The number of rotatable bonds is 6. The predicted octanol–water partition coefficient (Wildman–Crippen LogP) is 2.82. The van der Waals surface area contributed by atoms with Crippen LogP contribution >= 0.6 is 11.3 Å². The zero-order valence-corrected chi connectivity index (χ0v) is 11.3. The largest absolute Gasteiger partial charge is 0.464 e. The van der Waals surface area contributed by atoms with Crippen molar-refractivity contribution < 1.29 is 4.74 Å². The predicted molar refractivity (Wildman–Crippen MR) is 73.1 cm³/mol. The standard InChI is InChI=1S/C12H16N4OS/c1-3-6-13-11-14-10(9-5-7-18-8-9)15-12(16-11)17-4-2/h5,7-8H,3-4,6H2,1-2H3,(H,13,14,15,16). The number of aromatic nitrogens is 3. The van der Waals surface area contributed by atoms with Gasteiger partial charge in [0, 0.05) is 17.5 Å². The molecule has 0 fully saturated rings. The molecule has 6 heteroatoms. The molecule has 2 aromatic heterocycles. The van der Waals surface area contributed by atoms with E-state index in [1.165, 1.54) is 0 Å². The number of anilines is 1. The van der Waals surface area contributed by atoms with E-state index in [1.807, 2.05) is 23.8 Å². The van der Waals surface area contributed by atoms with Crippen LogP contribution in [0.4, 0.5) is 5.95 Å². The Bertz CT molecular complexity index is 487. The zero-order chi connectivity index (χ0) is 12.8. The topological polar surface area (TPSA) is 59.9 Å². The maximum atomic E-state index is 5.37. The molecule has 0 unspecified atom stereocenters. The quantitative estimate of drug-likeness (QED) is 0.869. The summed E-state index contributed by atoms with van der Waals surface area (Å²) in [6.07, 6.45) is 1.02. The second kappa shape index (κ2) is 6.30. The van der Waals surface area contributed by atoms with Crippen molar-refractivity contribution in [2.24, 2.45) is 0 Å². The third-order valence-corrected chi connectivity index (χ3v) is 2.88. The smallest absolute Gasteiger partial charge is 0.321 e. The van der Waals surface area contributed by atoms with Crippen molar-refractivity contribution in [1.29, 1.82) is 0 Å². The van der Waals surface area contributed by atoms with Crippen LogP contribution in [0.15, 0.2) is 16.8 Å². The van der Waals surface area contributed by atoms with Gasteiger partial charge >= 0.3 is 6.01 Å². The van der Waals surface area contributed by atoms with Gasteiger partial charge in [0.25, 0.3) is 0 Å². The lowest BCUT2D eigenvalue weighted by Crippen LogP contribution is -2.08. The third-order valence-electron chi connectivity index (χ3n) is 2.20. The third kappa shape index (κ3) is 3.16. The summed E-state index contributed by atoms with van der Waals surface area (Å²) in [7, 11) is 0. The Labute approximate surface area is 110 Å². The molecule has 0 saturated carbocycles. The molecular weight excluding hydrogens is 248 g/mol. The Balaban J connectivity index is 2.30. The lowest BCUT2D eigenvalue weighted by atomic mass is 10.3. The highest BCUT2D eigenvalue weighted by Gasteiger charge is 2.09. The van der Waals surface area contributed by atoms with E-state index in [0.29, 0.717) is 24.4 Å². The molecule has 0 spiro atoms. The summed E-state index contributed by atoms with van der Waals surface area (Å²) in [6.45, 7) is 5.38. The molecular formula is C12H16N4OS. The minimum Gasteiger partial charge on any atom is -0.464 e. The van der Waals surface area contributed by atoms with E-state index in [-0.39, 0.29) is 0 Å². The summed E-state index contributed by atoms with van der Waals surface area (Å²) in [5.41, 5.74) is 0.989. The Kier molecular flexibility index (Phi) is 4.46. The molecule has 96 valence electrons. The molecule has 2 rings (SSSR count). The number of hydrogen-bond donors (Lipinski definition) is 1. The van der Waals surface area contributed by atoms with Crippen LogP contribution in [0.25, 0.3) is 11.4 Å². The molecule has 0 saturated heterocycles. The van der Waals surface area contributed by atoms with Crippen molar-refractivity contribution in [3.8, 4) is 17.4 Å². The van der Waals surface area contributed by atoms with Crippen LogP contribution in [-0.2, 0) is 0 Å². The number of ether oxygens (including phenoxy) is 1. The molecule has 18 heavy (non-hydrogen) atoms. The highest BCUT2D eigenvalue weighted by Crippen LogP contribution is 2.21. The van der Waals surface area contributed by atoms with Crippen molar-refractivity contribution in [3.05, 3.63) is 16.8 Å². The van der Waals surface area contributed by atoms with Gasteiger partial charge in [0.05, 0.1) is 6.61 Å². The van der Waals surface area contributed by atoms with Crippen molar-refractivity contribution in [1.82, 2.24) is 15.0 Å². The molecule has 0 atom stereocenters. The highest BCUT2D eigenvalue weighted by molar-refractivity contribution is 7.08. The van der Waals surface area contributed by atoms with E-state index in [9.17, 15) is 0 Å². The molecule has 0 radical (unpaired) electrons. The highest BCUT2D eigenvalue weighted by atomic mass is 32.1. The molecule has 0 bridgehead atoms. The van der Waals surface area contributed by atoms with E-state index < -0.39 is 0 Å². The van der Waals surface area contributed by atoms with Crippen LogP contribution in [0.3, 0.4) is 0 Å². The summed E-state index contributed by atoms with van der Waals surface area (Å²) in [6, 6.07) is 2.35. The molecule has 0 aliphatic carbocycles. The maximum Gasteiger partial charge on any atom is 0.321 e. The molecule has 2 heterocycles. The number of hydrogen-bond acceptors (Lipinski definition) is 6. The molecule has 0 aliphatic rings. The molecule has 0 amide bonds. The SMILES string of the molecule is CCCNc1nc(OCC)nc(-c2ccsc2)n1. The summed E-state index contributed by atoms with van der Waals surface area (Å²) >= 11 is 1.62. The molecule has 0 aromatic carbocycles. The van der Waals surface area contributed by atoms with E-state index in [4.69, 9.17) is 4.74 Å². The van der Waals surface area contributed by atoms with Crippen LogP contribution in [0.5, 0.6) is 6.01 Å². The van der Waals surface area contributed by atoms with E-state index in [0.717, 1.165) is 18.5 Å². The van der Waals surface area contributed by atoms with Gasteiger partial charge in [-0.05, 0) is 24.8 Å². The summed E-state index contributed by atoms with van der Waals surface area (Å²) in [5.74, 6) is 1.21. The maximum absolute atomic E-state index is 5.37. The second-order valence-electron chi connectivity index (χ2n) is 3.64. The molecule has 5 nitrogen and oxygen atoms in total. The van der Waals surface area contributed by atoms with E-state index in [2.05, 4.69) is 27.2 Å². The molecule has 2 aromatic rings. The Hall–Kier alpha value is -1.69. The summed E-state index contributed by atoms with van der Waals surface area (Å²) < 4.78 is 5.37. The van der Waals surface area contributed by atoms with E-state index in [1.54, 1.807) is 11.3 Å². The normalized spacial score (nSPS) is 10.3. The van der Waals surface area contributed by atoms with Crippen LogP contribution < -0.4 is 10.1 Å². The number of nitrogens with one attached hydrogen (secondary N) is 1. The molecule has 1 N–H and O–H groups in total. The number of nitrogens with zero attached hydrogens (tertiary/aromatic N) is 3. The van der Waals surface area contributed by atoms with Crippen LogP contribution in [0, 0.1) is 0 Å². The average Bonchev–Trinajstić information content (AvgIpc) is 2.90. The number of thiophene rings is 1. The first kappa shape index (κ1) is 12.8. The van der Waals surface area contributed by atoms with Gasteiger partial charge in [-0.1, -0.05) is 6.92 Å². The average molecular weight is 264 g/mol. The Morgan fingerprint density at radius 2 is 2.17 bits per heavy atom. The Morgan fingerprint density at radius 3 is 2.83 bits per heavy atom. The van der Waals surface area contributed by atoms with Gasteiger partial charge in [0.15, 0.2) is 5.82 Å². The first-order valence-corrected chi connectivity index (χ1v) is 6.93. The van der Waals surface area contributed by atoms with Gasteiger partial charge in [-0.25, -0.2) is 0 Å².